The summed E-state index contributed by atoms with van der Waals surface area (Å²) in [5.41, 5.74) is 0.00161. The average Bonchev–Trinajstić information content (AvgIpc) is 2.79. The summed E-state index contributed by atoms with van der Waals surface area (Å²) in [7, 11) is 5.36. The predicted molar refractivity (Wildman–Crippen MR) is 73.2 cm³/mol. The first-order valence-corrected chi connectivity index (χ1v) is 7.18. The summed E-state index contributed by atoms with van der Waals surface area (Å²) in [6.07, 6.45) is 4.12. The molecule has 2 rings (SSSR count). The number of likely N-dealkylation sites (tertiary alicyclic amines) is 1. The highest BCUT2D eigenvalue weighted by Crippen LogP contribution is 2.42. The number of amides is 2. The van der Waals surface area contributed by atoms with Crippen molar-refractivity contribution in [1.29, 1.82) is 0 Å². The lowest BCUT2D eigenvalue weighted by Crippen LogP contribution is -2.51. The second-order valence-corrected chi connectivity index (χ2v) is 5.84. The number of methoxy groups -OCH3 is 1. The number of nitrogens with zero attached hydrogens (tertiary/aromatic N) is 2. The summed E-state index contributed by atoms with van der Waals surface area (Å²) in [6, 6.07) is 0.112. The van der Waals surface area contributed by atoms with Crippen molar-refractivity contribution in [3.63, 3.8) is 0 Å². The van der Waals surface area contributed by atoms with Gasteiger partial charge in [0.15, 0.2) is 0 Å². The largest absolute Gasteiger partial charge is 0.385 e. The number of hydrogen-bond donors (Lipinski definition) is 0. The van der Waals surface area contributed by atoms with Crippen molar-refractivity contribution in [2.24, 2.45) is 5.92 Å². The van der Waals surface area contributed by atoms with Crippen LogP contribution in [-0.4, -0.2) is 68.9 Å². The zero-order valence-electron chi connectivity index (χ0n) is 12.4. The van der Waals surface area contributed by atoms with E-state index in [1.807, 2.05) is 4.90 Å². The van der Waals surface area contributed by atoms with Crippen LogP contribution < -0.4 is 0 Å². The quantitative estimate of drug-likeness (QED) is 0.782. The topological polar surface area (TPSA) is 42.0 Å². The zero-order valence-corrected chi connectivity index (χ0v) is 12.4. The molecule has 0 saturated carbocycles. The van der Waals surface area contributed by atoms with E-state index in [0.29, 0.717) is 5.92 Å². The molecular formula is C14H26N2O3. The van der Waals surface area contributed by atoms with E-state index in [9.17, 15) is 4.79 Å². The molecule has 0 aliphatic carbocycles. The van der Waals surface area contributed by atoms with Gasteiger partial charge in [-0.2, -0.15) is 0 Å². The van der Waals surface area contributed by atoms with Gasteiger partial charge in [-0.1, -0.05) is 0 Å². The number of hydrogen-bond acceptors (Lipinski definition) is 3. The Labute approximate surface area is 115 Å². The average molecular weight is 270 g/mol. The number of ether oxygens (including phenoxy) is 2. The van der Waals surface area contributed by atoms with E-state index in [0.717, 1.165) is 52.0 Å². The molecule has 2 aliphatic heterocycles. The van der Waals surface area contributed by atoms with Crippen LogP contribution in [0.4, 0.5) is 4.79 Å². The molecule has 1 spiro atoms. The fourth-order valence-electron chi connectivity index (χ4n) is 3.36. The molecule has 2 amide bonds. The molecule has 110 valence electrons. The van der Waals surface area contributed by atoms with Crippen molar-refractivity contribution in [2.75, 3.05) is 47.5 Å². The Morgan fingerprint density at radius 1 is 1.42 bits per heavy atom. The Hall–Kier alpha value is -0.810. The third-order valence-electron chi connectivity index (χ3n) is 4.53. The monoisotopic (exact) mass is 270 g/mol. The van der Waals surface area contributed by atoms with Crippen molar-refractivity contribution < 1.29 is 14.3 Å². The van der Waals surface area contributed by atoms with Gasteiger partial charge in [0.2, 0.25) is 0 Å². The minimum atomic E-state index is 0.00161. The first-order valence-electron chi connectivity index (χ1n) is 7.18. The van der Waals surface area contributed by atoms with Gasteiger partial charge in [-0.25, -0.2) is 4.79 Å². The molecule has 0 bridgehead atoms. The van der Waals surface area contributed by atoms with Crippen LogP contribution in [0.2, 0.25) is 0 Å². The second kappa shape index (κ2) is 6.09. The van der Waals surface area contributed by atoms with Gasteiger partial charge >= 0.3 is 6.03 Å². The molecule has 19 heavy (non-hydrogen) atoms. The van der Waals surface area contributed by atoms with Gasteiger partial charge in [-0.15, -0.1) is 0 Å². The van der Waals surface area contributed by atoms with Crippen LogP contribution in [0.1, 0.15) is 25.7 Å². The van der Waals surface area contributed by atoms with Crippen LogP contribution in [0.15, 0.2) is 0 Å². The van der Waals surface area contributed by atoms with Crippen LogP contribution in [0.25, 0.3) is 0 Å². The third-order valence-corrected chi connectivity index (χ3v) is 4.53. The number of carbonyl (C=O) groups excluding carboxylic acids is 1. The Bertz CT molecular complexity index is 312. The molecular weight excluding hydrogens is 244 g/mol. The first kappa shape index (κ1) is 14.6. The van der Waals surface area contributed by atoms with Gasteiger partial charge in [0, 0.05) is 47.5 Å². The van der Waals surface area contributed by atoms with Gasteiger partial charge in [0.1, 0.15) is 0 Å². The highest BCUT2D eigenvalue weighted by molar-refractivity contribution is 5.73. The van der Waals surface area contributed by atoms with Crippen molar-refractivity contribution in [2.45, 2.75) is 31.3 Å². The fourth-order valence-corrected chi connectivity index (χ4v) is 3.36. The molecule has 5 nitrogen and oxygen atoms in total. The lowest BCUT2D eigenvalue weighted by molar-refractivity contribution is -0.0656. The summed E-state index contributed by atoms with van der Waals surface area (Å²) in [5.74, 6) is 0.587. The second-order valence-electron chi connectivity index (χ2n) is 5.84. The Morgan fingerprint density at radius 3 is 2.68 bits per heavy atom. The number of piperidine rings is 1. The third kappa shape index (κ3) is 3.03. The van der Waals surface area contributed by atoms with E-state index in [-0.39, 0.29) is 11.6 Å². The molecule has 0 aromatic rings. The molecule has 2 fully saturated rings. The lowest BCUT2D eigenvalue weighted by Gasteiger charge is -2.42. The molecule has 5 heteroatoms. The van der Waals surface area contributed by atoms with Crippen LogP contribution >= 0.6 is 0 Å². The van der Waals surface area contributed by atoms with Crippen molar-refractivity contribution in [3.05, 3.63) is 0 Å². The molecule has 0 N–H and O–H groups in total. The van der Waals surface area contributed by atoms with Crippen LogP contribution in [0, 0.1) is 5.92 Å². The fraction of sp³-hybridized carbons (Fsp3) is 0.929. The molecule has 2 saturated heterocycles. The normalized spacial score (nSPS) is 25.8. The molecule has 0 aromatic heterocycles. The number of rotatable bonds is 3. The summed E-state index contributed by atoms with van der Waals surface area (Å²) >= 11 is 0. The maximum absolute atomic E-state index is 11.9. The number of carbonyl (C=O) groups is 1. The summed E-state index contributed by atoms with van der Waals surface area (Å²) < 4.78 is 11.3. The van der Waals surface area contributed by atoms with Crippen molar-refractivity contribution in [3.8, 4) is 0 Å². The van der Waals surface area contributed by atoms with E-state index in [4.69, 9.17) is 9.47 Å². The van der Waals surface area contributed by atoms with Crippen LogP contribution in [-0.2, 0) is 9.47 Å². The Kier molecular flexibility index (Phi) is 4.68. The minimum absolute atomic E-state index is 0.00161. The molecule has 0 aromatic carbocycles. The minimum Gasteiger partial charge on any atom is -0.385 e. The van der Waals surface area contributed by atoms with E-state index >= 15 is 0 Å². The standard InChI is InChI=1S/C14H26N2O3/c1-15(2)13(17)16-8-6-14(7-9-16)12(4-10-18-3)5-11-19-14/h12H,4-11H2,1-3H3/t12-/m1/s1. The highest BCUT2D eigenvalue weighted by Gasteiger charge is 2.46. The smallest absolute Gasteiger partial charge is 0.319 e. The van der Waals surface area contributed by atoms with E-state index in [2.05, 4.69) is 0 Å². The SMILES string of the molecule is COCC[C@@H]1CCOC12CCN(C(=O)N(C)C)CC2. The van der Waals surface area contributed by atoms with E-state index < -0.39 is 0 Å². The summed E-state index contributed by atoms with van der Waals surface area (Å²) in [5, 5.41) is 0. The maximum Gasteiger partial charge on any atom is 0.319 e. The first-order chi connectivity index (χ1) is 9.09. The molecule has 0 radical (unpaired) electrons. The molecule has 0 unspecified atom stereocenters. The zero-order chi connectivity index (χ0) is 13.9. The van der Waals surface area contributed by atoms with Gasteiger partial charge in [0.25, 0.3) is 0 Å². The Balaban J connectivity index is 1.92. The number of urea groups is 1. The van der Waals surface area contributed by atoms with Crippen molar-refractivity contribution >= 4 is 6.03 Å². The summed E-state index contributed by atoms with van der Waals surface area (Å²) in [6.45, 7) is 3.27. The molecule has 2 heterocycles. The lowest BCUT2D eigenvalue weighted by atomic mass is 9.78. The van der Waals surface area contributed by atoms with Crippen molar-refractivity contribution in [1.82, 2.24) is 9.80 Å². The maximum atomic E-state index is 11.9. The van der Waals surface area contributed by atoms with E-state index in [1.54, 1.807) is 26.1 Å². The van der Waals surface area contributed by atoms with Gasteiger partial charge in [0.05, 0.1) is 5.60 Å². The van der Waals surface area contributed by atoms with E-state index in [1.165, 1.54) is 0 Å². The van der Waals surface area contributed by atoms with Gasteiger partial charge in [-0.05, 0) is 31.6 Å². The summed E-state index contributed by atoms with van der Waals surface area (Å²) in [4.78, 5) is 15.5. The Morgan fingerprint density at radius 2 is 2.11 bits per heavy atom. The molecule has 2 aliphatic rings. The van der Waals surface area contributed by atoms with Gasteiger partial charge < -0.3 is 19.3 Å². The highest BCUT2D eigenvalue weighted by atomic mass is 16.5. The molecule has 1 atom stereocenters. The van der Waals surface area contributed by atoms with Crippen LogP contribution in [0.5, 0.6) is 0 Å². The van der Waals surface area contributed by atoms with Gasteiger partial charge in [-0.3, -0.25) is 0 Å². The van der Waals surface area contributed by atoms with Crippen LogP contribution in [0.3, 0.4) is 0 Å². The predicted octanol–water partition coefficient (Wildman–Crippen LogP) is 1.58.